The molecule has 1 aliphatic rings. The lowest BCUT2D eigenvalue weighted by molar-refractivity contribution is 0.0579. The summed E-state index contributed by atoms with van der Waals surface area (Å²) in [6, 6.07) is 0. The van der Waals surface area contributed by atoms with E-state index in [-0.39, 0.29) is 6.61 Å². The third kappa shape index (κ3) is 17.4. The Labute approximate surface area is 202 Å². The maximum atomic E-state index is 9.83. The minimum absolute atomic E-state index is 0.0446. The van der Waals surface area contributed by atoms with Gasteiger partial charge >= 0.3 is 0 Å². The molecule has 0 aromatic carbocycles. The highest BCUT2D eigenvalue weighted by Crippen LogP contribution is 2.46. The molecule has 2 nitrogen and oxygen atoms in total. The highest BCUT2D eigenvalue weighted by atomic mass is 16.3. The summed E-state index contributed by atoms with van der Waals surface area (Å²) in [4.78, 5) is 0. The summed E-state index contributed by atoms with van der Waals surface area (Å²) in [6.07, 6.45) is 36.2. The zero-order chi connectivity index (χ0) is 23.2. The lowest BCUT2D eigenvalue weighted by Crippen LogP contribution is -2.16. The van der Waals surface area contributed by atoms with Gasteiger partial charge in [-0.05, 0) is 18.8 Å². The third-order valence-electron chi connectivity index (χ3n) is 7.88. The number of aliphatic hydroxyl groups excluding tert-OH is 1. The van der Waals surface area contributed by atoms with Crippen LogP contribution in [0.2, 0.25) is 0 Å². The van der Waals surface area contributed by atoms with E-state index in [9.17, 15) is 5.11 Å². The summed E-state index contributed by atoms with van der Waals surface area (Å²) in [5.74, 6) is 0.382. The van der Waals surface area contributed by atoms with E-state index in [1.165, 1.54) is 154 Å². The van der Waals surface area contributed by atoms with E-state index < -0.39 is 5.60 Å². The zero-order valence-electron chi connectivity index (χ0n) is 22.1. The van der Waals surface area contributed by atoms with Gasteiger partial charge in [0.2, 0.25) is 0 Å². The molecule has 2 N–H and O–H groups in total. The van der Waals surface area contributed by atoms with E-state index in [4.69, 9.17) is 5.11 Å². The molecule has 0 aliphatic heterocycles. The summed E-state index contributed by atoms with van der Waals surface area (Å²) < 4.78 is 0. The standard InChI is InChI=1S/C30H60O2/c1-2-3-4-5-6-7-8-9-10-11-12-13-14-15-16-17-18-19-20-21-22-23-24-25-26-29-27-30(29,32)28-31/h29,31-32H,2-28H2,1H3. The highest BCUT2D eigenvalue weighted by Gasteiger charge is 2.51. The summed E-state index contributed by atoms with van der Waals surface area (Å²) in [5, 5.41) is 18.9. The quantitative estimate of drug-likeness (QED) is 0.128. The summed E-state index contributed by atoms with van der Waals surface area (Å²) in [5.41, 5.74) is -0.702. The van der Waals surface area contributed by atoms with Crippen molar-refractivity contribution >= 4 is 0 Å². The molecule has 192 valence electrons. The van der Waals surface area contributed by atoms with Crippen LogP contribution in [0.4, 0.5) is 0 Å². The van der Waals surface area contributed by atoms with Crippen molar-refractivity contribution in [1.29, 1.82) is 0 Å². The van der Waals surface area contributed by atoms with Crippen LogP contribution in [0.5, 0.6) is 0 Å². The molecule has 0 aromatic heterocycles. The molecule has 0 spiro atoms. The van der Waals surface area contributed by atoms with Gasteiger partial charge in [0.25, 0.3) is 0 Å². The number of rotatable bonds is 26. The summed E-state index contributed by atoms with van der Waals surface area (Å²) in [7, 11) is 0. The average Bonchev–Trinajstić information content (AvgIpc) is 3.47. The Morgan fingerprint density at radius 2 is 0.781 bits per heavy atom. The molecule has 32 heavy (non-hydrogen) atoms. The van der Waals surface area contributed by atoms with Crippen LogP contribution >= 0.6 is 0 Å². The molecule has 0 radical (unpaired) electrons. The van der Waals surface area contributed by atoms with Crippen LogP contribution in [0.3, 0.4) is 0 Å². The number of aliphatic hydroxyl groups is 2. The fourth-order valence-electron chi connectivity index (χ4n) is 5.29. The van der Waals surface area contributed by atoms with Crippen LogP contribution in [0.1, 0.15) is 174 Å². The van der Waals surface area contributed by atoms with Crippen molar-refractivity contribution in [1.82, 2.24) is 0 Å². The van der Waals surface area contributed by atoms with Gasteiger partial charge in [-0.25, -0.2) is 0 Å². The Balaban J connectivity index is 1.62. The van der Waals surface area contributed by atoms with Crippen molar-refractivity contribution in [2.24, 2.45) is 5.92 Å². The predicted octanol–water partition coefficient (Wildman–Crippen LogP) is 9.50. The topological polar surface area (TPSA) is 40.5 Å². The zero-order valence-corrected chi connectivity index (χ0v) is 22.1. The van der Waals surface area contributed by atoms with Gasteiger partial charge < -0.3 is 10.2 Å². The minimum atomic E-state index is -0.702. The van der Waals surface area contributed by atoms with Gasteiger partial charge in [0.05, 0.1) is 12.2 Å². The van der Waals surface area contributed by atoms with Gasteiger partial charge in [0, 0.05) is 0 Å². The predicted molar refractivity (Wildman–Crippen MR) is 141 cm³/mol. The van der Waals surface area contributed by atoms with Crippen molar-refractivity contribution < 1.29 is 10.2 Å². The second-order valence-electron chi connectivity index (χ2n) is 11.1. The van der Waals surface area contributed by atoms with Gasteiger partial charge in [-0.2, -0.15) is 0 Å². The van der Waals surface area contributed by atoms with Crippen molar-refractivity contribution in [2.75, 3.05) is 6.61 Å². The van der Waals surface area contributed by atoms with Crippen molar-refractivity contribution in [2.45, 2.75) is 179 Å². The summed E-state index contributed by atoms with van der Waals surface area (Å²) in [6.45, 7) is 2.25. The van der Waals surface area contributed by atoms with Crippen LogP contribution in [0, 0.1) is 5.92 Å². The molecular formula is C30H60O2. The van der Waals surface area contributed by atoms with E-state index in [0.29, 0.717) is 5.92 Å². The van der Waals surface area contributed by atoms with Crippen LogP contribution in [0.15, 0.2) is 0 Å². The Morgan fingerprint density at radius 1 is 0.500 bits per heavy atom. The van der Waals surface area contributed by atoms with Crippen LogP contribution < -0.4 is 0 Å². The van der Waals surface area contributed by atoms with Crippen LogP contribution in [-0.2, 0) is 0 Å². The van der Waals surface area contributed by atoms with E-state index >= 15 is 0 Å². The largest absolute Gasteiger partial charge is 0.393 e. The van der Waals surface area contributed by atoms with Gasteiger partial charge in [0.1, 0.15) is 0 Å². The second kappa shape index (κ2) is 21.5. The average molecular weight is 453 g/mol. The van der Waals surface area contributed by atoms with E-state index in [2.05, 4.69) is 6.92 Å². The maximum absolute atomic E-state index is 9.83. The smallest absolute Gasteiger partial charge is 0.0910 e. The second-order valence-corrected chi connectivity index (χ2v) is 11.1. The molecule has 1 fully saturated rings. The van der Waals surface area contributed by atoms with Gasteiger partial charge in [-0.1, -0.05) is 161 Å². The molecule has 0 bridgehead atoms. The number of hydrogen-bond acceptors (Lipinski definition) is 2. The monoisotopic (exact) mass is 452 g/mol. The maximum Gasteiger partial charge on any atom is 0.0910 e. The Bertz CT molecular complexity index is 383. The first-order valence-electron chi connectivity index (χ1n) is 15.1. The van der Waals surface area contributed by atoms with Gasteiger partial charge in [0.15, 0.2) is 0 Å². The Kier molecular flexibility index (Phi) is 20.1. The highest BCUT2D eigenvalue weighted by molar-refractivity contribution is 5.02. The lowest BCUT2D eigenvalue weighted by Gasteiger charge is -2.06. The van der Waals surface area contributed by atoms with E-state index in [1.807, 2.05) is 0 Å². The minimum Gasteiger partial charge on any atom is -0.393 e. The van der Waals surface area contributed by atoms with Crippen LogP contribution in [-0.4, -0.2) is 22.4 Å². The Hall–Kier alpha value is -0.0800. The molecule has 1 saturated carbocycles. The SMILES string of the molecule is CCCCCCCCCCCCCCCCCCCCCCCCCCC1CC1(O)CO. The van der Waals surface area contributed by atoms with E-state index in [1.54, 1.807) is 0 Å². The van der Waals surface area contributed by atoms with Crippen molar-refractivity contribution in [3.8, 4) is 0 Å². The van der Waals surface area contributed by atoms with Crippen LogP contribution in [0.25, 0.3) is 0 Å². The molecule has 2 heteroatoms. The fourth-order valence-corrected chi connectivity index (χ4v) is 5.29. The molecule has 1 aliphatic carbocycles. The molecule has 1 rings (SSSR count). The molecule has 2 atom stereocenters. The Morgan fingerprint density at radius 3 is 1.03 bits per heavy atom. The number of hydrogen-bond donors (Lipinski definition) is 2. The van der Waals surface area contributed by atoms with E-state index in [0.717, 1.165) is 12.8 Å². The number of unbranched alkanes of at least 4 members (excludes halogenated alkanes) is 23. The van der Waals surface area contributed by atoms with Crippen molar-refractivity contribution in [3.63, 3.8) is 0 Å². The molecule has 0 aromatic rings. The molecule has 2 unspecified atom stereocenters. The van der Waals surface area contributed by atoms with Crippen molar-refractivity contribution in [3.05, 3.63) is 0 Å². The van der Waals surface area contributed by atoms with Gasteiger partial charge in [-0.3, -0.25) is 0 Å². The lowest BCUT2D eigenvalue weighted by atomic mass is 10.0. The molecule has 0 saturated heterocycles. The normalized spacial score (nSPS) is 20.2. The third-order valence-corrected chi connectivity index (χ3v) is 7.88. The first-order chi connectivity index (χ1) is 15.7. The summed E-state index contributed by atoms with van der Waals surface area (Å²) >= 11 is 0. The molecule has 0 heterocycles. The molecular weight excluding hydrogens is 392 g/mol. The van der Waals surface area contributed by atoms with Gasteiger partial charge in [-0.15, -0.1) is 0 Å². The first-order valence-corrected chi connectivity index (χ1v) is 15.1. The molecule has 0 amide bonds. The first kappa shape index (κ1) is 30.0. The fraction of sp³-hybridized carbons (Fsp3) is 1.00.